The van der Waals surface area contributed by atoms with Crippen molar-refractivity contribution < 1.29 is 4.79 Å². The van der Waals surface area contributed by atoms with E-state index in [1.165, 1.54) is 5.56 Å². The van der Waals surface area contributed by atoms with Gasteiger partial charge in [0.2, 0.25) is 5.91 Å². The molecular formula is C14H26N4O. The summed E-state index contributed by atoms with van der Waals surface area (Å²) in [5, 5.41) is 7.72. The second-order valence-corrected chi connectivity index (χ2v) is 4.62. The SMILES string of the molecule is CCc1nn(C)cc1CNCCC(=O)N(CC)CC. The Kier molecular flexibility index (Phi) is 6.56. The van der Waals surface area contributed by atoms with Crippen molar-refractivity contribution in [3.8, 4) is 0 Å². The highest BCUT2D eigenvalue weighted by atomic mass is 16.2. The second-order valence-electron chi connectivity index (χ2n) is 4.62. The van der Waals surface area contributed by atoms with Crippen LogP contribution < -0.4 is 5.32 Å². The van der Waals surface area contributed by atoms with Crippen LogP contribution >= 0.6 is 0 Å². The minimum absolute atomic E-state index is 0.222. The van der Waals surface area contributed by atoms with Crippen molar-refractivity contribution in [1.29, 1.82) is 0 Å². The van der Waals surface area contributed by atoms with E-state index >= 15 is 0 Å². The molecule has 0 radical (unpaired) electrons. The standard InChI is InChI=1S/C14H26N4O/c1-5-13-12(11-17(4)16-13)10-15-9-8-14(19)18(6-2)7-3/h11,15H,5-10H2,1-4H3. The molecule has 0 spiro atoms. The molecule has 0 atom stereocenters. The van der Waals surface area contributed by atoms with Crippen LogP contribution in [0.2, 0.25) is 0 Å². The van der Waals surface area contributed by atoms with Gasteiger partial charge < -0.3 is 10.2 Å². The van der Waals surface area contributed by atoms with E-state index < -0.39 is 0 Å². The zero-order chi connectivity index (χ0) is 14.3. The van der Waals surface area contributed by atoms with E-state index in [2.05, 4.69) is 17.3 Å². The monoisotopic (exact) mass is 266 g/mol. The Morgan fingerprint density at radius 3 is 2.63 bits per heavy atom. The lowest BCUT2D eigenvalue weighted by Gasteiger charge is -2.18. The number of aromatic nitrogens is 2. The Hall–Kier alpha value is -1.36. The van der Waals surface area contributed by atoms with E-state index in [0.717, 1.165) is 31.7 Å². The van der Waals surface area contributed by atoms with E-state index in [1.54, 1.807) is 0 Å². The lowest BCUT2D eigenvalue weighted by Crippen LogP contribution is -2.32. The molecule has 0 fully saturated rings. The van der Waals surface area contributed by atoms with Gasteiger partial charge in [0, 0.05) is 51.4 Å². The lowest BCUT2D eigenvalue weighted by atomic mass is 10.2. The lowest BCUT2D eigenvalue weighted by molar-refractivity contribution is -0.130. The Morgan fingerprint density at radius 2 is 2.05 bits per heavy atom. The number of aryl methyl sites for hydroxylation is 2. The molecule has 108 valence electrons. The summed E-state index contributed by atoms with van der Waals surface area (Å²) in [5.74, 6) is 0.222. The molecule has 0 bridgehead atoms. The van der Waals surface area contributed by atoms with Gasteiger partial charge in [0.1, 0.15) is 0 Å². The summed E-state index contributed by atoms with van der Waals surface area (Å²) >= 11 is 0. The highest BCUT2D eigenvalue weighted by Gasteiger charge is 2.09. The van der Waals surface area contributed by atoms with Crippen LogP contribution in [0.4, 0.5) is 0 Å². The molecule has 1 aromatic rings. The number of rotatable bonds is 8. The first-order valence-corrected chi connectivity index (χ1v) is 7.12. The van der Waals surface area contributed by atoms with Crippen molar-refractivity contribution in [2.45, 2.75) is 40.2 Å². The molecule has 0 saturated heterocycles. The molecule has 0 saturated carbocycles. The van der Waals surface area contributed by atoms with Gasteiger partial charge in [0.15, 0.2) is 0 Å². The van der Waals surface area contributed by atoms with Crippen molar-refractivity contribution in [3.05, 3.63) is 17.5 Å². The first-order chi connectivity index (χ1) is 9.12. The fraction of sp³-hybridized carbons (Fsp3) is 0.714. The van der Waals surface area contributed by atoms with Crippen LogP contribution in [0, 0.1) is 0 Å². The van der Waals surface area contributed by atoms with E-state index in [9.17, 15) is 4.79 Å². The van der Waals surface area contributed by atoms with Crippen molar-refractivity contribution in [3.63, 3.8) is 0 Å². The topological polar surface area (TPSA) is 50.2 Å². The van der Waals surface area contributed by atoms with Crippen LogP contribution in [0.3, 0.4) is 0 Å². The molecule has 0 aliphatic carbocycles. The highest BCUT2D eigenvalue weighted by molar-refractivity contribution is 5.76. The summed E-state index contributed by atoms with van der Waals surface area (Å²) in [6.07, 6.45) is 3.54. The predicted octanol–water partition coefficient (Wildman–Crippen LogP) is 1.33. The maximum atomic E-state index is 11.8. The number of nitrogens with zero attached hydrogens (tertiary/aromatic N) is 3. The van der Waals surface area contributed by atoms with Gasteiger partial charge in [-0.3, -0.25) is 9.48 Å². The fourth-order valence-electron chi connectivity index (χ4n) is 2.18. The van der Waals surface area contributed by atoms with Gasteiger partial charge in [-0.05, 0) is 20.3 Å². The first kappa shape index (κ1) is 15.7. The maximum absolute atomic E-state index is 11.8. The normalized spacial score (nSPS) is 10.7. The molecule has 1 N–H and O–H groups in total. The van der Waals surface area contributed by atoms with Crippen LogP contribution in [0.15, 0.2) is 6.20 Å². The van der Waals surface area contributed by atoms with E-state index in [1.807, 2.05) is 36.7 Å². The molecule has 1 heterocycles. The Morgan fingerprint density at radius 1 is 1.37 bits per heavy atom. The zero-order valence-electron chi connectivity index (χ0n) is 12.6. The summed E-state index contributed by atoms with van der Waals surface area (Å²) < 4.78 is 1.84. The van der Waals surface area contributed by atoms with E-state index in [0.29, 0.717) is 13.0 Å². The quantitative estimate of drug-likeness (QED) is 0.722. The van der Waals surface area contributed by atoms with Gasteiger partial charge in [0.05, 0.1) is 5.69 Å². The highest BCUT2D eigenvalue weighted by Crippen LogP contribution is 2.06. The van der Waals surface area contributed by atoms with Gasteiger partial charge in [-0.25, -0.2) is 0 Å². The van der Waals surface area contributed by atoms with Crippen LogP contribution in [-0.4, -0.2) is 40.2 Å². The summed E-state index contributed by atoms with van der Waals surface area (Å²) in [6.45, 7) is 9.21. The van der Waals surface area contributed by atoms with Crippen LogP contribution in [0.5, 0.6) is 0 Å². The first-order valence-electron chi connectivity index (χ1n) is 7.12. The van der Waals surface area contributed by atoms with Crippen molar-refractivity contribution in [2.75, 3.05) is 19.6 Å². The molecular weight excluding hydrogens is 240 g/mol. The number of hydrogen-bond acceptors (Lipinski definition) is 3. The average molecular weight is 266 g/mol. The number of hydrogen-bond donors (Lipinski definition) is 1. The van der Waals surface area contributed by atoms with Gasteiger partial charge >= 0.3 is 0 Å². The minimum Gasteiger partial charge on any atom is -0.343 e. The van der Waals surface area contributed by atoms with E-state index in [-0.39, 0.29) is 5.91 Å². The third-order valence-corrected chi connectivity index (χ3v) is 3.27. The smallest absolute Gasteiger partial charge is 0.223 e. The molecule has 0 unspecified atom stereocenters. The zero-order valence-corrected chi connectivity index (χ0v) is 12.6. The van der Waals surface area contributed by atoms with E-state index in [4.69, 9.17) is 0 Å². The number of nitrogens with one attached hydrogen (secondary N) is 1. The second kappa shape index (κ2) is 7.94. The predicted molar refractivity (Wildman–Crippen MR) is 76.8 cm³/mol. The number of carbonyl (C=O) groups is 1. The molecule has 0 aliphatic heterocycles. The molecule has 0 aromatic carbocycles. The Balaban J connectivity index is 2.32. The maximum Gasteiger partial charge on any atom is 0.223 e. The largest absolute Gasteiger partial charge is 0.343 e. The van der Waals surface area contributed by atoms with Crippen molar-refractivity contribution in [1.82, 2.24) is 20.0 Å². The fourth-order valence-corrected chi connectivity index (χ4v) is 2.18. The summed E-state index contributed by atoms with van der Waals surface area (Å²) in [5.41, 5.74) is 2.35. The van der Waals surface area contributed by atoms with Crippen LogP contribution in [0.25, 0.3) is 0 Å². The van der Waals surface area contributed by atoms with Gasteiger partial charge in [-0.2, -0.15) is 5.10 Å². The molecule has 1 aromatic heterocycles. The third-order valence-electron chi connectivity index (χ3n) is 3.27. The molecule has 0 aliphatic rings. The molecule has 5 heteroatoms. The summed E-state index contributed by atoms with van der Waals surface area (Å²) in [4.78, 5) is 13.7. The molecule has 19 heavy (non-hydrogen) atoms. The van der Waals surface area contributed by atoms with Gasteiger partial charge in [-0.15, -0.1) is 0 Å². The van der Waals surface area contributed by atoms with Crippen molar-refractivity contribution in [2.24, 2.45) is 7.05 Å². The molecule has 5 nitrogen and oxygen atoms in total. The summed E-state index contributed by atoms with van der Waals surface area (Å²) in [7, 11) is 1.94. The molecule has 1 rings (SSSR count). The third kappa shape index (κ3) is 4.67. The van der Waals surface area contributed by atoms with Gasteiger partial charge in [-0.1, -0.05) is 6.92 Å². The average Bonchev–Trinajstić information content (AvgIpc) is 2.76. The number of carbonyl (C=O) groups excluding carboxylic acids is 1. The molecule has 1 amide bonds. The van der Waals surface area contributed by atoms with Crippen LogP contribution in [0.1, 0.15) is 38.4 Å². The summed E-state index contributed by atoms with van der Waals surface area (Å²) in [6, 6.07) is 0. The van der Waals surface area contributed by atoms with Crippen molar-refractivity contribution >= 4 is 5.91 Å². The van der Waals surface area contributed by atoms with Gasteiger partial charge in [0.25, 0.3) is 0 Å². The minimum atomic E-state index is 0.222. The Labute approximate surface area is 116 Å². The number of amides is 1. The Bertz CT molecular complexity index is 396. The van der Waals surface area contributed by atoms with Crippen LogP contribution in [-0.2, 0) is 24.8 Å².